The molecule has 0 aromatic carbocycles. The second kappa shape index (κ2) is 5.85. The van der Waals surface area contributed by atoms with Crippen molar-refractivity contribution in [1.29, 1.82) is 0 Å². The van der Waals surface area contributed by atoms with Crippen LogP contribution in [0.15, 0.2) is 22.8 Å². The number of rotatable bonds is 7. The minimum atomic E-state index is -0.240. The molecule has 0 aliphatic carbocycles. The molecule has 0 N–H and O–H groups in total. The zero-order valence-corrected chi connectivity index (χ0v) is 10.4. The second-order valence-electron chi connectivity index (χ2n) is 4.77. The molecule has 0 amide bonds. The number of hydrogen-bond acceptors (Lipinski definition) is 3. The summed E-state index contributed by atoms with van der Waals surface area (Å²) in [5.74, 6) is 0.937. The van der Waals surface area contributed by atoms with E-state index in [9.17, 15) is 4.79 Å². The van der Waals surface area contributed by atoms with Gasteiger partial charge in [-0.15, -0.1) is 0 Å². The molecule has 1 rings (SSSR count). The molecule has 1 aromatic heterocycles. The molecule has 0 aliphatic rings. The maximum absolute atomic E-state index is 11.1. The Balaban J connectivity index is 2.48. The summed E-state index contributed by atoms with van der Waals surface area (Å²) in [6.45, 7) is 5.64. The van der Waals surface area contributed by atoms with Crippen LogP contribution >= 0.6 is 0 Å². The Kier molecular flexibility index (Phi) is 4.74. The van der Waals surface area contributed by atoms with E-state index in [1.165, 1.54) is 0 Å². The third-order valence-electron chi connectivity index (χ3n) is 2.74. The predicted octanol–water partition coefficient (Wildman–Crippen LogP) is 2.72. The lowest BCUT2D eigenvalue weighted by molar-refractivity contribution is -0.116. The summed E-state index contributed by atoms with van der Waals surface area (Å²) in [6, 6.07) is 3.84. The van der Waals surface area contributed by atoms with Crippen molar-refractivity contribution in [2.45, 2.75) is 33.2 Å². The van der Waals surface area contributed by atoms with Gasteiger partial charge in [0.1, 0.15) is 12.0 Å². The highest BCUT2D eigenvalue weighted by atomic mass is 16.3. The van der Waals surface area contributed by atoms with Crippen molar-refractivity contribution in [3.05, 3.63) is 24.2 Å². The van der Waals surface area contributed by atoms with Gasteiger partial charge in [0, 0.05) is 12.0 Å². The van der Waals surface area contributed by atoms with Gasteiger partial charge in [-0.25, -0.2) is 0 Å². The summed E-state index contributed by atoms with van der Waals surface area (Å²) >= 11 is 0. The van der Waals surface area contributed by atoms with Gasteiger partial charge in [0.25, 0.3) is 0 Å². The minimum Gasteiger partial charge on any atom is -0.468 e. The van der Waals surface area contributed by atoms with E-state index >= 15 is 0 Å². The van der Waals surface area contributed by atoms with Crippen LogP contribution < -0.4 is 0 Å². The Morgan fingerprint density at radius 2 is 2.31 bits per heavy atom. The summed E-state index contributed by atoms with van der Waals surface area (Å²) in [5, 5.41) is 0. The molecule has 1 unspecified atom stereocenters. The van der Waals surface area contributed by atoms with Gasteiger partial charge >= 0.3 is 0 Å². The molecule has 3 nitrogen and oxygen atoms in total. The fraction of sp³-hybridized carbons (Fsp3) is 0.615. The molecule has 0 saturated heterocycles. The quantitative estimate of drug-likeness (QED) is 0.666. The van der Waals surface area contributed by atoms with Crippen LogP contribution in [0.2, 0.25) is 0 Å². The van der Waals surface area contributed by atoms with Crippen molar-refractivity contribution in [3.63, 3.8) is 0 Å². The van der Waals surface area contributed by atoms with Gasteiger partial charge in [-0.1, -0.05) is 20.3 Å². The molecule has 0 radical (unpaired) electrons. The molecule has 1 atom stereocenters. The highest BCUT2D eigenvalue weighted by Gasteiger charge is 2.24. The Morgan fingerprint density at radius 1 is 1.56 bits per heavy atom. The molecule has 0 fully saturated rings. The Morgan fingerprint density at radius 3 is 2.81 bits per heavy atom. The molecular weight excluding hydrogens is 202 g/mol. The summed E-state index contributed by atoms with van der Waals surface area (Å²) in [6.07, 6.45) is 4.71. The van der Waals surface area contributed by atoms with E-state index in [2.05, 4.69) is 11.8 Å². The minimum absolute atomic E-state index is 0.240. The molecule has 0 saturated carbocycles. The third-order valence-corrected chi connectivity index (χ3v) is 2.74. The van der Waals surface area contributed by atoms with Crippen LogP contribution in [0.5, 0.6) is 0 Å². The number of carbonyl (C=O) groups excluding carboxylic acids is 1. The van der Waals surface area contributed by atoms with Crippen LogP contribution in [-0.2, 0) is 11.3 Å². The van der Waals surface area contributed by atoms with E-state index in [4.69, 9.17) is 4.42 Å². The first kappa shape index (κ1) is 13.0. The largest absolute Gasteiger partial charge is 0.468 e. The number of carbonyl (C=O) groups is 1. The fourth-order valence-electron chi connectivity index (χ4n) is 2.09. The maximum Gasteiger partial charge on any atom is 0.127 e. The van der Waals surface area contributed by atoms with Crippen molar-refractivity contribution >= 4 is 6.29 Å². The summed E-state index contributed by atoms with van der Waals surface area (Å²) in [4.78, 5) is 13.2. The van der Waals surface area contributed by atoms with Gasteiger partial charge in [0.15, 0.2) is 0 Å². The summed E-state index contributed by atoms with van der Waals surface area (Å²) < 4.78 is 5.28. The van der Waals surface area contributed by atoms with Gasteiger partial charge in [0.2, 0.25) is 0 Å². The Hall–Kier alpha value is -1.09. The van der Waals surface area contributed by atoms with E-state index in [1.807, 2.05) is 26.1 Å². The van der Waals surface area contributed by atoms with Crippen molar-refractivity contribution in [1.82, 2.24) is 4.90 Å². The van der Waals surface area contributed by atoms with Gasteiger partial charge in [-0.05, 0) is 25.6 Å². The normalized spacial score (nSPS) is 15.0. The van der Waals surface area contributed by atoms with Crippen molar-refractivity contribution in [3.8, 4) is 0 Å². The van der Waals surface area contributed by atoms with Crippen LogP contribution in [0.3, 0.4) is 0 Å². The molecule has 0 bridgehead atoms. The molecule has 3 heteroatoms. The fourth-order valence-corrected chi connectivity index (χ4v) is 2.09. The van der Waals surface area contributed by atoms with Gasteiger partial charge in [0.05, 0.1) is 12.8 Å². The maximum atomic E-state index is 11.1. The standard InChI is InChI=1S/C13H21NO2/c1-4-7-13(2,11-15)10-14(3)9-12-6-5-8-16-12/h5-6,8,11H,4,7,9-10H2,1-3H3. The van der Waals surface area contributed by atoms with Crippen LogP contribution in [-0.4, -0.2) is 24.8 Å². The lowest BCUT2D eigenvalue weighted by Crippen LogP contribution is -2.34. The zero-order valence-electron chi connectivity index (χ0n) is 10.4. The van der Waals surface area contributed by atoms with Gasteiger partial charge < -0.3 is 9.21 Å². The van der Waals surface area contributed by atoms with Crippen molar-refractivity contribution < 1.29 is 9.21 Å². The number of nitrogens with zero attached hydrogens (tertiary/aromatic N) is 1. The number of aldehydes is 1. The molecular formula is C13H21NO2. The molecule has 16 heavy (non-hydrogen) atoms. The highest BCUT2D eigenvalue weighted by molar-refractivity contribution is 5.58. The average molecular weight is 223 g/mol. The molecule has 90 valence electrons. The van der Waals surface area contributed by atoms with Crippen molar-refractivity contribution in [2.75, 3.05) is 13.6 Å². The predicted molar refractivity (Wildman–Crippen MR) is 64.1 cm³/mol. The lowest BCUT2D eigenvalue weighted by Gasteiger charge is -2.28. The Bertz CT molecular complexity index is 308. The zero-order chi connectivity index (χ0) is 12.0. The molecule has 0 spiro atoms. The third kappa shape index (κ3) is 3.81. The van der Waals surface area contributed by atoms with Crippen LogP contribution in [0.1, 0.15) is 32.4 Å². The van der Waals surface area contributed by atoms with E-state index in [-0.39, 0.29) is 5.41 Å². The second-order valence-corrected chi connectivity index (χ2v) is 4.77. The smallest absolute Gasteiger partial charge is 0.127 e. The summed E-state index contributed by atoms with van der Waals surface area (Å²) in [7, 11) is 2.01. The first-order valence-corrected chi connectivity index (χ1v) is 5.77. The average Bonchev–Trinajstić information content (AvgIpc) is 2.70. The monoisotopic (exact) mass is 223 g/mol. The van der Waals surface area contributed by atoms with Crippen LogP contribution in [0.25, 0.3) is 0 Å². The van der Waals surface area contributed by atoms with E-state index < -0.39 is 0 Å². The van der Waals surface area contributed by atoms with E-state index in [0.29, 0.717) is 0 Å². The van der Waals surface area contributed by atoms with E-state index in [1.54, 1.807) is 6.26 Å². The summed E-state index contributed by atoms with van der Waals surface area (Å²) in [5.41, 5.74) is -0.240. The molecule has 0 aliphatic heterocycles. The first-order valence-electron chi connectivity index (χ1n) is 5.77. The van der Waals surface area contributed by atoms with Gasteiger partial charge in [-0.2, -0.15) is 0 Å². The SMILES string of the molecule is CCCC(C)(C=O)CN(C)Cc1ccco1. The number of hydrogen-bond donors (Lipinski definition) is 0. The number of furan rings is 1. The molecule has 1 aromatic rings. The van der Waals surface area contributed by atoms with Gasteiger partial charge in [-0.3, -0.25) is 4.90 Å². The van der Waals surface area contributed by atoms with Crippen molar-refractivity contribution in [2.24, 2.45) is 5.41 Å². The van der Waals surface area contributed by atoms with E-state index in [0.717, 1.165) is 38.0 Å². The topological polar surface area (TPSA) is 33.5 Å². The van der Waals surface area contributed by atoms with Crippen LogP contribution in [0.4, 0.5) is 0 Å². The first-order chi connectivity index (χ1) is 7.59. The molecule has 1 heterocycles. The highest BCUT2D eigenvalue weighted by Crippen LogP contribution is 2.22. The lowest BCUT2D eigenvalue weighted by atomic mass is 9.87. The Labute approximate surface area is 97.4 Å². The van der Waals surface area contributed by atoms with Crippen LogP contribution in [0, 0.1) is 5.41 Å².